The van der Waals surface area contributed by atoms with Crippen molar-refractivity contribution in [3.8, 4) is 11.5 Å². The maximum atomic E-state index is 14.7. The van der Waals surface area contributed by atoms with Crippen LogP contribution in [0.5, 0.6) is 11.5 Å². The maximum Gasteiger partial charge on any atom is 0.342 e. The number of benzene rings is 2. The fourth-order valence-electron chi connectivity index (χ4n) is 3.52. The van der Waals surface area contributed by atoms with Gasteiger partial charge in [-0.2, -0.15) is 0 Å². The molecular formula is C26H28Cl4F2N2O6. The van der Waals surface area contributed by atoms with Crippen LogP contribution in [0.2, 0.25) is 20.1 Å². The van der Waals surface area contributed by atoms with E-state index >= 15 is 0 Å². The summed E-state index contributed by atoms with van der Waals surface area (Å²) >= 11 is 24.4. The van der Waals surface area contributed by atoms with Crippen LogP contribution in [0, 0.1) is 11.6 Å². The number of halogens is 6. The molecule has 0 aromatic heterocycles. The molecular weight excluding hydrogens is 616 g/mol. The zero-order chi connectivity index (χ0) is 30.7. The van der Waals surface area contributed by atoms with Crippen molar-refractivity contribution >= 4 is 64.2 Å². The van der Waals surface area contributed by atoms with Gasteiger partial charge < -0.3 is 24.0 Å². The number of ether oxygens (including phenoxy) is 3. The summed E-state index contributed by atoms with van der Waals surface area (Å²) in [7, 11) is 4.46. The Labute approximate surface area is 250 Å². The summed E-state index contributed by atoms with van der Waals surface area (Å²) in [6.07, 6.45) is 0. The van der Waals surface area contributed by atoms with Crippen LogP contribution in [-0.4, -0.2) is 73.1 Å². The van der Waals surface area contributed by atoms with E-state index in [1.54, 1.807) is 0 Å². The first-order chi connectivity index (χ1) is 18.3. The van der Waals surface area contributed by atoms with Gasteiger partial charge in [-0.3, -0.25) is 9.59 Å². The Morgan fingerprint density at radius 1 is 0.800 bits per heavy atom. The van der Waals surface area contributed by atoms with Gasteiger partial charge in [0.1, 0.15) is 28.8 Å². The Balaban J connectivity index is 2.13. The third kappa shape index (κ3) is 7.81. The van der Waals surface area contributed by atoms with Crippen LogP contribution in [0.1, 0.15) is 38.1 Å². The minimum absolute atomic E-state index is 0.0794. The van der Waals surface area contributed by atoms with Gasteiger partial charge in [0.25, 0.3) is 11.8 Å². The molecule has 0 atom stereocenters. The average molecular weight is 644 g/mol. The number of carbonyl (C=O) groups excluding carboxylic acids is 3. The predicted octanol–water partition coefficient (Wildman–Crippen LogP) is 6.30. The first-order valence-corrected chi connectivity index (χ1v) is 13.2. The van der Waals surface area contributed by atoms with E-state index < -0.39 is 51.2 Å². The summed E-state index contributed by atoms with van der Waals surface area (Å²) < 4.78 is 44.7. The molecule has 2 aromatic carbocycles. The minimum atomic E-state index is -1.50. The number of esters is 1. The molecule has 14 heteroatoms. The molecule has 40 heavy (non-hydrogen) atoms. The summed E-state index contributed by atoms with van der Waals surface area (Å²) in [6.45, 7) is 5.33. The maximum absolute atomic E-state index is 14.7. The van der Waals surface area contributed by atoms with Gasteiger partial charge in [-0.25, -0.2) is 13.6 Å². The molecule has 0 bridgehead atoms. The van der Waals surface area contributed by atoms with Crippen LogP contribution >= 0.6 is 46.4 Å². The minimum Gasteiger partial charge on any atom is -0.475 e. The van der Waals surface area contributed by atoms with Crippen LogP contribution in [0.3, 0.4) is 0 Å². The lowest BCUT2D eigenvalue weighted by Crippen LogP contribution is -2.48. The molecule has 0 aliphatic heterocycles. The number of rotatable bonds is 10. The monoisotopic (exact) mass is 642 g/mol. The second-order valence-corrected chi connectivity index (χ2v) is 11.4. The summed E-state index contributed by atoms with van der Waals surface area (Å²) in [6, 6.07) is 2.80. The molecule has 0 radical (unpaired) electrons. The highest BCUT2D eigenvalue weighted by Crippen LogP contribution is 2.40. The van der Waals surface area contributed by atoms with Gasteiger partial charge in [0.15, 0.2) is 22.7 Å². The van der Waals surface area contributed by atoms with Crippen molar-refractivity contribution in [2.75, 3.05) is 34.3 Å². The fourth-order valence-corrected chi connectivity index (χ4v) is 4.65. The van der Waals surface area contributed by atoms with E-state index in [2.05, 4.69) is 0 Å². The lowest BCUT2D eigenvalue weighted by atomic mass is 10.1. The SMILES string of the molecule is CN(C)C(=O)C(C)(C)Oc1c(Cl)cc(F)c(C(=O)OCCN(C)C(=O)C(C)(C)Oc2c(Cl)cc(F)cc2Cl)c1Cl. The fraction of sp³-hybridized carbons (Fsp3) is 0.423. The van der Waals surface area contributed by atoms with E-state index in [9.17, 15) is 23.2 Å². The van der Waals surface area contributed by atoms with E-state index in [1.807, 2.05) is 0 Å². The van der Waals surface area contributed by atoms with Crippen LogP contribution in [0.25, 0.3) is 0 Å². The summed E-state index contributed by atoms with van der Waals surface area (Å²) in [5.74, 6) is -4.24. The topological polar surface area (TPSA) is 85.4 Å². The van der Waals surface area contributed by atoms with Crippen molar-refractivity contribution in [2.24, 2.45) is 0 Å². The highest BCUT2D eigenvalue weighted by Gasteiger charge is 2.36. The molecule has 0 aliphatic rings. The van der Waals surface area contributed by atoms with Gasteiger partial charge >= 0.3 is 5.97 Å². The molecule has 0 N–H and O–H groups in total. The molecule has 220 valence electrons. The van der Waals surface area contributed by atoms with Crippen LogP contribution in [0.4, 0.5) is 8.78 Å². The largest absolute Gasteiger partial charge is 0.475 e. The van der Waals surface area contributed by atoms with Crippen molar-refractivity contribution < 1.29 is 37.4 Å². The lowest BCUT2D eigenvalue weighted by Gasteiger charge is -2.30. The van der Waals surface area contributed by atoms with E-state index in [1.165, 1.54) is 58.6 Å². The number of hydrogen-bond donors (Lipinski definition) is 0. The molecule has 0 spiro atoms. The van der Waals surface area contributed by atoms with Crippen molar-refractivity contribution in [2.45, 2.75) is 38.9 Å². The standard InChI is InChI=1S/C26H28Cl4F2N2O6/c1-25(2,23(36)33(5)6)40-21-16(29)12-17(32)18(19(21)30)22(35)38-9-8-34(7)24(37)26(3,4)39-20-14(27)10-13(31)11-15(20)28/h10-12H,8-9H2,1-7H3. The van der Waals surface area contributed by atoms with E-state index in [4.69, 9.17) is 60.6 Å². The molecule has 0 saturated heterocycles. The Morgan fingerprint density at radius 3 is 1.80 bits per heavy atom. The van der Waals surface area contributed by atoms with E-state index in [0.717, 1.165) is 18.2 Å². The summed E-state index contributed by atoms with van der Waals surface area (Å²) in [5.41, 5.74) is -3.61. The van der Waals surface area contributed by atoms with E-state index in [-0.39, 0.29) is 39.7 Å². The second kappa shape index (κ2) is 13.0. The van der Waals surface area contributed by atoms with Crippen molar-refractivity contribution in [3.63, 3.8) is 0 Å². The molecule has 8 nitrogen and oxygen atoms in total. The van der Waals surface area contributed by atoms with Gasteiger partial charge in [-0.15, -0.1) is 0 Å². The molecule has 2 rings (SSSR count). The van der Waals surface area contributed by atoms with Gasteiger partial charge in [0, 0.05) is 21.1 Å². The van der Waals surface area contributed by atoms with Gasteiger partial charge in [-0.1, -0.05) is 46.4 Å². The third-order valence-electron chi connectivity index (χ3n) is 5.45. The van der Waals surface area contributed by atoms with Crippen molar-refractivity contribution in [1.82, 2.24) is 9.80 Å². The smallest absolute Gasteiger partial charge is 0.342 e. The second-order valence-electron chi connectivity index (χ2n) is 9.84. The highest BCUT2D eigenvalue weighted by atomic mass is 35.5. The van der Waals surface area contributed by atoms with Gasteiger partial charge in [0.2, 0.25) is 0 Å². The van der Waals surface area contributed by atoms with E-state index in [0.29, 0.717) is 0 Å². The molecule has 2 aromatic rings. The Kier molecular flexibility index (Phi) is 10.9. The van der Waals surface area contributed by atoms with Gasteiger partial charge in [0.05, 0.1) is 21.6 Å². The number of amides is 2. The number of carbonyl (C=O) groups is 3. The van der Waals surface area contributed by atoms with Crippen LogP contribution < -0.4 is 9.47 Å². The van der Waals surface area contributed by atoms with Crippen LogP contribution in [0.15, 0.2) is 18.2 Å². The molecule has 0 unspecified atom stereocenters. The van der Waals surface area contributed by atoms with Crippen molar-refractivity contribution in [3.05, 3.63) is 55.5 Å². The number of likely N-dealkylation sites (N-methyl/N-ethyl adjacent to an activating group) is 2. The molecule has 0 aliphatic carbocycles. The summed E-state index contributed by atoms with van der Waals surface area (Å²) in [4.78, 5) is 40.6. The van der Waals surface area contributed by atoms with Crippen LogP contribution in [-0.2, 0) is 14.3 Å². The molecule has 2 amide bonds. The highest BCUT2D eigenvalue weighted by molar-refractivity contribution is 6.39. The number of nitrogens with zero attached hydrogens (tertiary/aromatic N) is 2. The quantitative estimate of drug-likeness (QED) is 0.283. The molecule has 0 saturated carbocycles. The first kappa shape index (κ1) is 33.7. The number of hydrogen-bond acceptors (Lipinski definition) is 6. The Hall–Kier alpha value is -2.53. The Morgan fingerprint density at radius 2 is 1.27 bits per heavy atom. The lowest BCUT2D eigenvalue weighted by molar-refractivity contribution is -0.144. The normalized spacial score (nSPS) is 11.6. The van der Waals surface area contributed by atoms with Gasteiger partial charge in [-0.05, 0) is 45.9 Å². The third-order valence-corrected chi connectivity index (χ3v) is 6.66. The average Bonchev–Trinajstić information content (AvgIpc) is 2.82. The molecule has 0 fully saturated rings. The molecule has 0 heterocycles. The summed E-state index contributed by atoms with van der Waals surface area (Å²) in [5, 5.41) is -0.987. The Bertz CT molecular complexity index is 1300. The zero-order valence-corrected chi connectivity index (χ0v) is 25.8. The van der Waals surface area contributed by atoms with Crippen molar-refractivity contribution in [1.29, 1.82) is 0 Å². The first-order valence-electron chi connectivity index (χ1n) is 11.6. The predicted molar refractivity (Wildman–Crippen MR) is 149 cm³/mol. The zero-order valence-electron chi connectivity index (χ0n) is 22.8.